The van der Waals surface area contributed by atoms with Crippen LogP contribution in [0.5, 0.6) is 0 Å². The number of halogens is 1. The summed E-state index contributed by atoms with van der Waals surface area (Å²) < 4.78 is 6.23. The van der Waals surface area contributed by atoms with Crippen molar-refractivity contribution < 1.29 is 9.53 Å². The quantitative estimate of drug-likeness (QED) is 0.880. The second-order valence-corrected chi connectivity index (χ2v) is 6.31. The summed E-state index contributed by atoms with van der Waals surface area (Å²) in [7, 11) is 1.67. The first kappa shape index (κ1) is 16.3. The Labute approximate surface area is 135 Å². The van der Waals surface area contributed by atoms with Crippen LogP contribution in [0.3, 0.4) is 0 Å². The van der Waals surface area contributed by atoms with Gasteiger partial charge in [0.25, 0.3) is 0 Å². The average Bonchev–Trinajstić information content (AvgIpc) is 2.51. The van der Waals surface area contributed by atoms with E-state index in [2.05, 4.69) is 21.2 Å². The first-order valence-corrected chi connectivity index (χ1v) is 8.24. The largest absolute Gasteiger partial charge is 0.380 e. The van der Waals surface area contributed by atoms with Crippen LogP contribution in [0.25, 0.3) is 0 Å². The molecular weight excluding hydrogens is 332 g/mol. The maximum Gasteiger partial charge on any atom is 0.244 e. The minimum absolute atomic E-state index is 0.179. The predicted molar refractivity (Wildman–Crippen MR) is 88.4 cm³/mol. The van der Waals surface area contributed by atoms with Crippen molar-refractivity contribution in [3.8, 4) is 0 Å². The van der Waals surface area contributed by atoms with Crippen molar-refractivity contribution in [3.63, 3.8) is 0 Å². The van der Waals surface area contributed by atoms with Crippen molar-refractivity contribution in [2.45, 2.75) is 38.8 Å². The maximum absolute atomic E-state index is 12.5. The van der Waals surface area contributed by atoms with E-state index in [1.54, 1.807) is 7.11 Å². The molecule has 1 N–H and O–H groups in total. The summed E-state index contributed by atoms with van der Waals surface area (Å²) in [5, 5.41) is 3.33. The number of hydrogen-bond donors (Lipinski definition) is 1. The molecule has 0 bridgehead atoms. The molecule has 0 aliphatic carbocycles. The number of methoxy groups -OCH3 is 1. The molecule has 1 aliphatic rings. The van der Waals surface area contributed by atoms with Crippen LogP contribution in [-0.4, -0.2) is 37.0 Å². The van der Waals surface area contributed by atoms with Crippen molar-refractivity contribution in [1.82, 2.24) is 4.90 Å². The van der Waals surface area contributed by atoms with Gasteiger partial charge in [0.05, 0.1) is 6.61 Å². The third kappa shape index (κ3) is 4.20. The molecule has 0 aromatic heterocycles. The second-order valence-electron chi connectivity index (χ2n) is 5.45. The fraction of sp³-hybridized carbons (Fsp3) is 0.562. The lowest BCUT2D eigenvalue weighted by Crippen LogP contribution is -2.44. The molecule has 2 rings (SSSR count). The van der Waals surface area contributed by atoms with E-state index in [0.717, 1.165) is 41.7 Å². The molecule has 4 nitrogen and oxygen atoms in total. The van der Waals surface area contributed by atoms with Crippen molar-refractivity contribution in [3.05, 3.63) is 28.2 Å². The van der Waals surface area contributed by atoms with Gasteiger partial charge in [-0.1, -0.05) is 22.0 Å². The zero-order chi connectivity index (χ0) is 15.2. The number of ether oxygens (including phenoxy) is 1. The fourth-order valence-corrected chi connectivity index (χ4v) is 3.15. The summed E-state index contributed by atoms with van der Waals surface area (Å²) in [6.45, 7) is 4.20. The highest BCUT2D eigenvalue weighted by molar-refractivity contribution is 9.10. The molecule has 21 heavy (non-hydrogen) atoms. The summed E-state index contributed by atoms with van der Waals surface area (Å²) in [6, 6.07) is 5.70. The molecule has 116 valence electrons. The zero-order valence-electron chi connectivity index (χ0n) is 12.7. The van der Waals surface area contributed by atoms with Crippen molar-refractivity contribution in [2.24, 2.45) is 0 Å². The summed E-state index contributed by atoms with van der Waals surface area (Å²) in [6.07, 6.45) is 3.46. The number of nitrogens with one attached hydrogen (secondary N) is 1. The lowest BCUT2D eigenvalue weighted by molar-refractivity contribution is -0.132. The standard InChI is InChI=1S/C16H23BrN2O2/c1-12(16(20)19-9-4-3-5-10-19)18-15-8-6-7-14(17)13(15)11-21-2/h6-8,12,18H,3-5,9-11H2,1-2H3. The Morgan fingerprint density at radius 2 is 2.10 bits per heavy atom. The fourth-order valence-electron chi connectivity index (χ4n) is 2.67. The van der Waals surface area contributed by atoms with Crippen LogP contribution < -0.4 is 5.32 Å². The topological polar surface area (TPSA) is 41.6 Å². The van der Waals surface area contributed by atoms with E-state index in [4.69, 9.17) is 4.74 Å². The normalized spacial score (nSPS) is 16.6. The Hall–Kier alpha value is -1.07. The smallest absolute Gasteiger partial charge is 0.244 e. The molecule has 1 aliphatic heterocycles. The van der Waals surface area contributed by atoms with Gasteiger partial charge >= 0.3 is 0 Å². The molecule has 1 aromatic carbocycles. The number of anilines is 1. The summed E-state index contributed by atoms with van der Waals surface area (Å²) in [5.74, 6) is 0.179. The minimum Gasteiger partial charge on any atom is -0.380 e. The van der Waals surface area contributed by atoms with E-state index in [0.29, 0.717) is 6.61 Å². The lowest BCUT2D eigenvalue weighted by Gasteiger charge is -2.30. The Morgan fingerprint density at radius 3 is 2.76 bits per heavy atom. The van der Waals surface area contributed by atoms with Gasteiger partial charge in [-0.2, -0.15) is 0 Å². The van der Waals surface area contributed by atoms with Crippen LogP contribution in [0.4, 0.5) is 5.69 Å². The van der Waals surface area contributed by atoms with Crippen molar-refractivity contribution >= 4 is 27.5 Å². The van der Waals surface area contributed by atoms with E-state index in [-0.39, 0.29) is 11.9 Å². The molecule has 0 spiro atoms. The van der Waals surface area contributed by atoms with Crippen LogP contribution >= 0.6 is 15.9 Å². The summed E-state index contributed by atoms with van der Waals surface area (Å²) in [4.78, 5) is 14.4. The molecule has 1 amide bonds. The molecule has 0 radical (unpaired) electrons. The van der Waals surface area contributed by atoms with Gasteiger partial charge in [0.2, 0.25) is 5.91 Å². The SMILES string of the molecule is COCc1c(Br)cccc1NC(C)C(=O)N1CCCCC1. The molecular formula is C16H23BrN2O2. The number of amides is 1. The van der Waals surface area contributed by atoms with Crippen LogP contribution in [-0.2, 0) is 16.1 Å². The Kier molecular flexibility index (Phi) is 6.06. The Balaban J connectivity index is 2.06. The van der Waals surface area contributed by atoms with Gasteiger partial charge in [-0.3, -0.25) is 4.79 Å². The Bertz CT molecular complexity index is 487. The van der Waals surface area contributed by atoms with Crippen LogP contribution in [0.1, 0.15) is 31.7 Å². The lowest BCUT2D eigenvalue weighted by atomic mass is 10.1. The van der Waals surface area contributed by atoms with Gasteiger partial charge in [0, 0.05) is 35.9 Å². The van der Waals surface area contributed by atoms with E-state index < -0.39 is 0 Å². The molecule has 1 atom stereocenters. The van der Waals surface area contributed by atoms with Crippen molar-refractivity contribution in [2.75, 3.05) is 25.5 Å². The van der Waals surface area contributed by atoms with Gasteiger partial charge in [-0.25, -0.2) is 0 Å². The number of piperidine rings is 1. The monoisotopic (exact) mass is 354 g/mol. The minimum atomic E-state index is -0.229. The highest BCUT2D eigenvalue weighted by Crippen LogP contribution is 2.26. The number of hydrogen-bond acceptors (Lipinski definition) is 3. The number of carbonyl (C=O) groups is 1. The van der Waals surface area contributed by atoms with Gasteiger partial charge in [-0.15, -0.1) is 0 Å². The second kappa shape index (κ2) is 7.80. The molecule has 5 heteroatoms. The van der Waals surface area contributed by atoms with Crippen LogP contribution in [0.15, 0.2) is 22.7 Å². The molecule has 1 unspecified atom stereocenters. The highest BCUT2D eigenvalue weighted by Gasteiger charge is 2.22. The van der Waals surface area contributed by atoms with Crippen LogP contribution in [0.2, 0.25) is 0 Å². The number of carbonyl (C=O) groups excluding carboxylic acids is 1. The average molecular weight is 355 g/mol. The molecule has 1 saturated heterocycles. The predicted octanol–water partition coefficient (Wildman–Crippen LogP) is 3.41. The number of benzene rings is 1. The summed E-state index contributed by atoms with van der Waals surface area (Å²) in [5.41, 5.74) is 1.99. The Morgan fingerprint density at radius 1 is 1.38 bits per heavy atom. The van der Waals surface area contributed by atoms with Gasteiger partial charge in [0.1, 0.15) is 6.04 Å². The number of likely N-dealkylation sites (tertiary alicyclic amines) is 1. The first-order valence-electron chi connectivity index (χ1n) is 7.45. The third-order valence-electron chi connectivity index (χ3n) is 3.82. The third-order valence-corrected chi connectivity index (χ3v) is 4.56. The van der Waals surface area contributed by atoms with Gasteiger partial charge < -0.3 is 15.0 Å². The van der Waals surface area contributed by atoms with Crippen molar-refractivity contribution in [1.29, 1.82) is 0 Å². The first-order chi connectivity index (χ1) is 10.1. The van der Waals surface area contributed by atoms with E-state index in [9.17, 15) is 4.79 Å². The molecule has 1 aromatic rings. The zero-order valence-corrected chi connectivity index (χ0v) is 14.3. The van der Waals surface area contributed by atoms with Crippen LogP contribution in [0, 0.1) is 0 Å². The summed E-state index contributed by atoms with van der Waals surface area (Å²) >= 11 is 3.54. The molecule has 1 fully saturated rings. The number of rotatable bonds is 5. The molecule has 1 heterocycles. The highest BCUT2D eigenvalue weighted by atomic mass is 79.9. The van der Waals surface area contributed by atoms with E-state index in [1.807, 2.05) is 30.0 Å². The molecule has 0 saturated carbocycles. The van der Waals surface area contributed by atoms with Gasteiger partial charge in [0.15, 0.2) is 0 Å². The number of nitrogens with zero attached hydrogens (tertiary/aromatic N) is 1. The maximum atomic E-state index is 12.5. The van der Waals surface area contributed by atoms with E-state index in [1.165, 1.54) is 6.42 Å². The van der Waals surface area contributed by atoms with Gasteiger partial charge in [-0.05, 0) is 38.3 Å². The van der Waals surface area contributed by atoms with E-state index >= 15 is 0 Å².